The lowest BCUT2D eigenvalue weighted by Crippen LogP contribution is -2.12. The van der Waals surface area contributed by atoms with Crippen LogP contribution in [-0.2, 0) is 4.74 Å². The van der Waals surface area contributed by atoms with Gasteiger partial charge in [-0.05, 0) is 43.5 Å². The number of rotatable bonds is 7. The van der Waals surface area contributed by atoms with Crippen LogP contribution >= 0.6 is 11.3 Å². The Bertz CT molecular complexity index is 881. The Morgan fingerprint density at radius 3 is 2.70 bits per heavy atom. The first-order valence-corrected chi connectivity index (χ1v) is 9.43. The highest BCUT2D eigenvalue weighted by molar-refractivity contribution is 7.18. The fourth-order valence-electron chi connectivity index (χ4n) is 2.29. The number of hydrogen-bond donors (Lipinski definition) is 1. The maximum atomic E-state index is 12.6. The Balaban J connectivity index is 2.23. The normalized spacial score (nSPS) is 10.4. The van der Waals surface area contributed by atoms with E-state index in [-0.39, 0.29) is 18.1 Å². The summed E-state index contributed by atoms with van der Waals surface area (Å²) in [4.78, 5) is 24.9. The third-order valence-electron chi connectivity index (χ3n) is 3.63. The monoisotopic (exact) mass is 386 g/mol. The van der Waals surface area contributed by atoms with Crippen LogP contribution in [0.3, 0.4) is 0 Å². The fourth-order valence-corrected chi connectivity index (χ4v) is 3.34. The van der Waals surface area contributed by atoms with Crippen molar-refractivity contribution in [2.75, 3.05) is 18.5 Å². The zero-order chi connectivity index (χ0) is 20.0. The Labute approximate surface area is 162 Å². The number of carbonyl (C=O) groups excluding carboxylic acids is 2. The molecule has 0 unspecified atom stereocenters. The highest BCUT2D eigenvalue weighted by atomic mass is 32.1. The van der Waals surface area contributed by atoms with Crippen molar-refractivity contribution in [3.63, 3.8) is 0 Å². The topological polar surface area (TPSA) is 88.4 Å². The summed E-state index contributed by atoms with van der Waals surface area (Å²) in [5.74, 6) is 0.0988. The number of esters is 1. The van der Waals surface area contributed by atoms with Gasteiger partial charge in [-0.25, -0.2) is 4.79 Å². The van der Waals surface area contributed by atoms with Crippen LogP contribution in [0.4, 0.5) is 5.00 Å². The highest BCUT2D eigenvalue weighted by Crippen LogP contribution is 2.33. The first-order chi connectivity index (χ1) is 12.9. The molecule has 0 radical (unpaired) electrons. The van der Waals surface area contributed by atoms with E-state index in [2.05, 4.69) is 5.32 Å². The van der Waals surface area contributed by atoms with Crippen molar-refractivity contribution in [3.8, 4) is 11.8 Å². The number of carbonyl (C=O) groups is 2. The second-order valence-corrected chi connectivity index (χ2v) is 7.30. The first kappa shape index (κ1) is 20.5. The second-order valence-electron chi connectivity index (χ2n) is 6.28. The molecule has 1 heterocycles. The minimum atomic E-state index is -0.499. The summed E-state index contributed by atoms with van der Waals surface area (Å²) in [6.45, 7) is 8.25. The van der Waals surface area contributed by atoms with Crippen LogP contribution < -0.4 is 10.1 Å². The van der Waals surface area contributed by atoms with E-state index in [9.17, 15) is 14.9 Å². The summed E-state index contributed by atoms with van der Waals surface area (Å²) in [5.41, 5.74) is 1.18. The summed E-state index contributed by atoms with van der Waals surface area (Å²) in [6.07, 6.45) is 0. The van der Waals surface area contributed by atoms with Crippen molar-refractivity contribution < 1.29 is 19.1 Å². The molecule has 0 atom stereocenters. The van der Waals surface area contributed by atoms with E-state index < -0.39 is 5.97 Å². The molecule has 1 aromatic carbocycles. The number of nitrogens with one attached hydrogen (secondary N) is 1. The number of hydrogen-bond acceptors (Lipinski definition) is 6. The molecule has 2 aromatic rings. The highest BCUT2D eigenvalue weighted by Gasteiger charge is 2.22. The first-order valence-electron chi connectivity index (χ1n) is 8.62. The van der Waals surface area contributed by atoms with Gasteiger partial charge in [0.25, 0.3) is 5.91 Å². The van der Waals surface area contributed by atoms with Crippen LogP contribution in [0.15, 0.2) is 24.3 Å². The van der Waals surface area contributed by atoms with E-state index in [1.54, 1.807) is 38.1 Å². The Hall–Kier alpha value is -2.85. The van der Waals surface area contributed by atoms with Crippen molar-refractivity contribution >= 4 is 28.2 Å². The predicted octanol–water partition coefficient (Wildman–Crippen LogP) is 4.39. The minimum absolute atomic E-state index is 0.239. The standard InChI is InChI=1S/C20H22N2O4S/c1-5-25-20(24)17-13(4)16(10-21)19(27-17)22-18(23)14-7-6-8-15(9-14)26-11-12(2)3/h6-9,12H,5,11H2,1-4H3,(H,22,23). The number of nitrogens with zero attached hydrogens (tertiary/aromatic N) is 1. The maximum absolute atomic E-state index is 12.6. The number of benzene rings is 1. The van der Waals surface area contributed by atoms with Gasteiger partial charge < -0.3 is 14.8 Å². The van der Waals surface area contributed by atoms with Crippen molar-refractivity contribution in [2.24, 2.45) is 5.92 Å². The number of ether oxygens (including phenoxy) is 2. The van der Waals surface area contributed by atoms with Gasteiger partial charge >= 0.3 is 5.97 Å². The van der Waals surface area contributed by atoms with Gasteiger partial charge in [-0.15, -0.1) is 11.3 Å². The molecule has 142 valence electrons. The average Bonchev–Trinajstić information content (AvgIpc) is 2.95. The summed E-state index contributed by atoms with van der Waals surface area (Å²) in [7, 11) is 0. The van der Waals surface area contributed by atoms with Crippen LogP contribution in [0.1, 0.15) is 51.9 Å². The molecule has 27 heavy (non-hydrogen) atoms. The Morgan fingerprint density at radius 1 is 1.33 bits per heavy atom. The zero-order valence-electron chi connectivity index (χ0n) is 15.8. The molecule has 1 N–H and O–H groups in total. The van der Waals surface area contributed by atoms with Crippen molar-refractivity contribution in [2.45, 2.75) is 27.7 Å². The van der Waals surface area contributed by atoms with Gasteiger partial charge in [0.15, 0.2) is 0 Å². The average molecular weight is 386 g/mol. The molecule has 0 saturated carbocycles. The third-order valence-corrected chi connectivity index (χ3v) is 4.81. The molecule has 0 aliphatic rings. The van der Waals surface area contributed by atoms with Gasteiger partial charge in [-0.3, -0.25) is 4.79 Å². The predicted molar refractivity (Wildman–Crippen MR) is 104 cm³/mol. The van der Waals surface area contributed by atoms with Crippen molar-refractivity contribution in [3.05, 3.63) is 45.8 Å². The summed E-state index contributed by atoms with van der Waals surface area (Å²) in [6, 6.07) is 8.88. The Kier molecular flexibility index (Phi) is 6.97. The smallest absolute Gasteiger partial charge is 0.348 e. The molecule has 0 aliphatic heterocycles. The molecule has 7 heteroatoms. The Morgan fingerprint density at radius 2 is 2.07 bits per heavy atom. The molecule has 6 nitrogen and oxygen atoms in total. The van der Waals surface area contributed by atoms with Crippen LogP contribution in [0.25, 0.3) is 0 Å². The van der Waals surface area contributed by atoms with Crippen LogP contribution in [0.5, 0.6) is 5.75 Å². The molecular formula is C20H22N2O4S. The lowest BCUT2D eigenvalue weighted by molar-refractivity contribution is 0.0531. The fraction of sp³-hybridized carbons (Fsp3) is 0.350. The van der Waals surface area contributed by atoms with E-state index in [1.807, 2.05) is 19.9 Å². The zero-order valence-corrected chi connectivity index (χ0v) is 16.6. The molecule has 0 aliphatic carbocycles. The second kappa shape index (κ2) is 9.19. The van der Waals surface area contributed by atoms with Gasteiger partial charge in [0.05, 0.1) is 18.8 Å². The van der Waals surface area contributed by atoms with E-state index in [4.69, 9.17) is 9.47 Å². The van der Waals surface area contributed by atoms with Crippen molar-refractivity contribution in [1.29, 1.82) is 5.26 Å². The molecule has 0 spiro atoms. The number of thiophene rings is 1. The molecular weight excluding hydrogens is 364 g/mol. The number of amides is 1. The third kappa shape index (κ3) is 5.08. The lowest BCUT2D eigenvalue weighted by Gasteiger charge is -2.10. The van der Waals surface area contributed by atoms with Gasteiger partial charge in [0.2, 0.25) is 0 Å². The maximum Gasteiger partial charge on any atom is 0.348 e. The molecule has 2 rings (SSSR count). The van der Waals surface area contributed by atoms with Crippen LogP contribution in [0, 0.1) is 24.2 Å². The van der Waals surface area contributed by atoms with Crippen LogP contribution in [-0.4, -0.2) is 25.1 Å². The number of anilines is 1. The molecule has 1 aromatic heterocycles. The van der Waals surface area contributed by atoms with E-state index in [0.717, 1.165) is 11.3 Å². The lowest BCUT2D eigenvalue weighted by atomic mass is 10.1. The number of nitriles is 1. The molecule has 0 saturated heterocycles. The SMILES string of the molecule is CCOC(=O)c1sc(NC(=O)c2cccc(OCC(C)C)c2)c(C#N)c1C. The van der Waals surface area contributed by atoms with Gasteiger partial charge in [-0.1, -0.05) is 19.9 Å². The van der Waals surface area contributed by atoms with Crippen LogP contribution in [0.2, 0.25) is 0 Å². The van der Waals surface area contributed by atoms with Gasteiger partial charge in [-0.2, -0.15) is 5.26 Å². The molecule has 0 bridgehead atoms. The molecule has 1 amide bonds. The van der Waals surface area contributed by atoms with Gasteiger partial charge in [0.1, 0.15) is 21.7 Å². The minimum Gasteiger partial charge on any atom is -0.493 e. The van der Waals surface area contributed by atoms with E-state index in [1.165, 1.54) is 0 Å². The summed E-state index contributed by atoms with van der Waals surface area (Å²) >= 11 is 1.04. The van der Waals surface area contributed by atoms with Gasteiger partial charge in [0, 0.05) is 5.56 Å². The van der Waals surface area contributed by atoms with Crippen molar-refractivity contribution in [1.82, 2.24) is 0 Å². The summed E-state index contributed by atoms with van der Waals surface area (Å²) < 4.78 is 10.6. The van der Waals surface area contributed by atoms with E-state index >= 15 is 0 Å². The largest absolute Gasteiger partial charge is 0.493 e. The quantitative estimate of drug-likeness (QED) is 0.713. The van der Waals surface area contributed by atoms with E-state index in [0.29, 0.717) is 39.3 Å². The molecule has 0 fully saturated rings. The summed E-state index contributed by atoms with van der Waals surface area (Å²) in [5, 5.41) is 12.5.